The summed E-state index contributed by atoms with van der Waals surface area (Å²) in [7, 11) is 0. The number of aliphatic hydroxyl groups excluding tert-OH is 1. The number of rotatable bonds is 3. The van der Waals surface area contributed by atoms with Crippen molar-refractivity contribution in [2.75, 3.05) is 0 Å². The van der Waals surface area contributed by atoms with Crippen molar-refractivity contribution in [3.63, 3.8) is 0 Å². The zero-order valence-electron chi connectivity index (χ0n) is 11.6. The molecular formula is C15H19F3O2. The van der Waals surface area contributed by atoms with Gasteiger partial charge >= 0.3 is 6.18 Å². The summed E-state index contributed by atoms with van der Waals surface area (Å²) in [5.41, 5.74) is 0.998. The van der Waals surface area contributed by atoms with Crippen LogP contribution in [-0.4, -0.2) is 16.9 Å². The van der Waals surface area contributed by atoms with Crippen LogP contribution in [0.2, 0.25) is 0 Å². The highest BCUT2D eigenvalue weighted by atomic mass is 19.4. The van der Waals surface area contributed by atoms with E-state index >= 15 is 0 Å². The number of fused-ring (bicyclic) bond motifs is 1. The van der Waals surface area contributed by atoms with Gasteiger partial charge in [0.25, 0.3) is 0 Å². The van der Waals surface area contributed by atoms with E-state index in [1.807, 2.05) is 19.1 Å². The van der Waals surface area contributed by atoms with E-state index in [0.29, 0.717) is 12.2 Å². The summed E-state index contributed by atoms with van der Waals surface area (Å²) in [4.78, 5) is 0. The molecular weight excluding hydrogens is 269 g/mol. The van der Waals surface area contributed by atoms with E-state index in [4.69, 9.17) is 4.74 Å². The molecule has 0 spiro atoms. The number of halogens is 3. The maximum absolute atomic E-state index is 12.2. The third kappa shape index (κ3) is 3.66. The number of aryl methyl sites for hydroxylation is 1. The van der Waals surface area contributed by atoms with Crippen LogP contribution in [0.4, 0.5) is 13.2 Å². The summed E-state index contributed by atoms with van der Waals surface area (Å²) in [6.07, 6.45) is -5.04. The van der Waals surface area contributed by atoms with Crippen molar-refractivity contribution >= 4 is 0 Å². The van der Waals surface area contributed by atoms with Crippen LogP contribution in [0.1, 0.15) is 49.8 Å². The lowest BCUT2D eigenvalue weighted by molar-refractivity contribution is -0.138. The molecule has 1 heterocycles. The highest BCUT2D eigenvalue weighted by Crippen LogP contribution is 2.42. The summed E-state index contributed by atoms with van der Waals surface area (Å²) >= 11 is 0. The van der Waals surface area contributed by atoms with Crippen LogP contribution in [0.3, 0.4) is 0 Å². The first kappa shape index (κ1) is 15.2. The Morgan fingerprint density at radius 2 is 2.10 bits per heavy atom. The molecule has 0 saturated heterocycles. The van der Waals surface area contributed by atoms with Crippen LogP contribution < -0.4 is 4.74 Å². The van der Waals surface area contributed by atoms with E-state index in [9.17, 15) is 18.3 Å². The van der Waals surface area contributed by atoms with Crippen molar-refractivity contribution < 1.29 is 23.0 Å². The highest BCUT2D eigenvalue weighted by Gasteiger charge is 2.37. The number of aliphatic hydroxyl groups is 1. The van der Waals surface area contributed by atoms with Gasteiger partial charge in [-0.1, -0.05) is 11.6 Å². The highest BCUT2D eigenvalue weighted by molar-refractivity contribution is 5.40. The van der Waals surface area contributed by atoms with Crippen molar-refractivity contribution in [1.82, 2.24) is 0 Å². The predicted molar refractivity (Wildman–Crippen MR) is 69.7 cm³/mol. The third-order valence-electron chi connectivity index (χ3n) is 3.67. The molecule has 0 radical (unpaired) electrons. The maximum atomic E-state index is 12.2. The predicted octanol–water partition coefficient (Wildman–Crippen LogP) is 4.30. The van der Waals surface area contributed by atoms with Gasteiger partial charge in [-0.25, -0.2) is 0 Å². The average molecular weight is 288 g/mol. The van der Waals surface area contributed by atoms with E-state index in [1.54, 1.807) is 13.0 Å². The molecule has 0 amide bonds. The monoisotopic (exact) mass is 288 g/mol. The van der Waals surface area contributed by atoms with Gasteiger partial charge in [0.2, 0.25) is 0 Å². The second kappa shape index (κ2) is 5.28. The van der Waals surface area contributed by atoms with Crippen LogP contribution in [-0.2, 0) is 0 Å². The molecule has 2 unspecified atom stereocenters. The van der Waals surface area contributed by atoms with Gasteiger partial charge in [-0.05, 0) is 38.8 Å². The molecule has 1 aromatic rings. The first-order valence-electron chi connectivity index (χ1n) is 6.73. The molecule has 1 N–H and O–H groups in total. The molecule has 1 aliphatic rings. The standard InChI is InChI=1S/C15H19F3O2/c1-10-4-5-13-11(8-10)12(19)9-14(2,20-13)6-3-7-15(16,17)18/h4-5,8,12,19H,3,6-7,9H2,1-2H3. The molecule has 5 heteroatoms. The maximum Gasteiger partial charge on any atom is 0.389 e. The van der Waals surface area contributed by atoms with Gasteiger partial charge in [-0.15, -0.1) is 0 Å². The minimum absolute atomic E-state index is 0.00785. The number of ether oxygens (including phenoxy) is 1. The molecule has 2 atom stereocenters. The summed E-state index contributed by atoms with van der Waals surface area (Å²) < 4.78 is 42.4. The van der Waals surface area contributed by atoms with Gasteiger partial charge in [0.1, 0.15) is 11.4 Å². The van der Waals surface area contributed by atoms with Gasteiger partial charge in [-0.2, -0.15) is 13.2 Å². The summed E-state index contributed by atoms with van der Waals surface area (Å²) in [5.74, 6) is 0.573. The Bertz CT molecular complexity index is 484. The number of benzene rings is 1. The Balaban J connectivity index is 2.06. The first-order chi connectivity index (χ1) is 9.19. The lowest BCUT2D eigenvalue weighted by Crippen LogP contribution is -2.38. The van der Waals surface area contributed by atoms with Gasteiger partial charge in [0, 0.05) is 18.4 Å². The second-order valence-corrected chi connectivity index (χ2v) is 5.78. The summed E-state index contributed by atoms with van der Waals surface area (Å²) in [6, 6.07) is 5.50. The quantitative estimate of drug-likeness (QED) is 0.898. The lowest BCUT2D eigenvalue weighted by Gasteiger charge is -2.38. The zero-order valence-corrected chi connectivity index (χ0v) is 11.6. The van der Waals surface area contributed by atoms with Gasteiger partial charge < -0.3 is 9.84 Å². The molecule has 0 fully saturated rings. The van der Waals surface area contributed by atoms with Crippen LogP contribution >= 0.6 is 0 Å². The average Bonchev–Trinajstić information content (AvgIpc) is 2.28. The topological polar surface area (TPSA) is 29.5 Å². The second-order valence-electron chi connectivity index (χ2n) is 5.78. The molecule has 2 nitrogen and oxygen atoms in total. The van der Waals surface area contributed by atoms with E-state index < -0.39 is 24.3 Å². The SMILES string of the molecule is Cc1ccc2c(c1)C(O)CC(C)(CCCC(F)(F)F)O2. The Morgan fingerprint density at radius 1 is 1.40 bits per heavy atom. The fourth-order valence-corrected chi connectivity index (χ4v) is 2.66. The van der Waals surface area contributed by atoms with Crippen molar-refractivity contribution in [2.24, 2.45) is 0 Å². The van der Waals surface area contributed by atoms with Crippen LogP contribution in [0, 0.1) is 6.92 Å². The van der Waals surface area contributed by atoms with Crippen molar-refractivity contribution in [3.05, 3.63) is 29.3 Å². The van der Waals surface area contributed by atoms with Crippen LogP contribution in [0.25, 0.3) is 0 Å². The molecule has 0 aromatic heterocycles. The smallest absolute Gasteiger partial charge is 0.389 e. The number of hydrogen-bond acceptors (Lipinski definition) is 2. The summed E-state index contributed by atoms with van der Waals surface area (Å²) in [6.45, 7) is 3.68. The van der Waals surface area contributed by atoms with Gasteiger partial charge in [0.15, 0.2) is 0 Å². The number of alkyl halides is 3. The van der Waals surface area contributed by atoms with E-state index in [2.05, 4.69) is 0 Å². The van der Waals surface area contributed by atoms with Gasteiger partial charge in [0.05, 0.1) is 6.10 Å². The molecule has 0 aliphatic carbocycles. The molecule has 20 heavy (non-hydrogen) atoms. The van der Waals surface area contributed by atoms with Crippen molar-refractivity contribution in [3.8, 4) is 5.75 Å². The molecule has 112 valence electrons. The van der Waals surface area contributed by atoms with E-state index in [0.717, 1.165) is 11.1 Å². The normalized spacial score (nSPS) is 26.0. The number of hydrogen-bond donors (Lipinski definition) is 1. The minimum Gasteiger partial charge on any atom is -0.487 e. The molecule has 2 rings (SSSR count). The Labute approximate surface area is 116 Å². The molecule has 1 aromatic carbocycles. The van der Waals surface area contributed by atoms with E-state index in [-0.39, 0.29) is 12.8 Å². The molecule has 0 saturated carbocycles. The zero-order chi connectivity index (χ0) is 15.0. The van der Waals surface area contributed by atoms with Crippen molar-refractivity contribution in [2.45, 2.75) is 57.4 Å². The molecule has 0 bridgehead atoms. The minimum atomic E-state index is -4.14. The lowest BCUT2D eigenvalue weighted by atomic mass is 9.86. The fourth-order valence-electron chi connectivity index (χ4n) is 2.66. The van der Waals surface area contributed by atoms with Crippen LogP contribution in [0.15, 0.2) is 18.2 Å². The Hall–Kier alpha value is -1.23. The van der Waals surface area contributed by atoms with Gasteiger partial charge in [-0.3, -0.25) is 0 Å². The summed E-state index contributed by atoms with van der Waals surface area (Å²) in [5, 5.41) is 10.2. The third-order valence-corrected chi connectivity index (χ3v) is 3.67. The molecule has 1 aliphatic heterocycles. The largest absolute Gasteiger partial charge is 0.487 e. The van der Waals surface area contributed by atoms with E-state index in [1.165, 1.54) is 0 Å². The Kier molecular flexibility index (Phi) is 4.00. The Morgan fingerprint density at radius 3 is 2.75 bits per heavy atom. The first-order valence-corrected chi connectivity index (χ1v) is 6.73. The fraction of sp³-hybridized carbons (Fsp3) is 0.600. The van der Waals surface area contributed by atoms with Crippen molar-refractivity contribution in [1.29, 1.82) is 0 Å². The van der Waals surface area contributed by atoms with Crippen LogP contribution in [0.5, 0.6) is 5.75 Å².